The van der Waals surface area contributed by atoms with E-state index in [9.17, 15) is 4.79 Å². The first-order chi connectivity index (χ1) is 13.1. The molecule has 0 radical (unpaired) electrons. The van der Waals surface area contributed by atoms with Gasteiger partial charge in [0.2, 0.25) is 4.77 Å². The third-order valence-corrected chi connectivity index (χ3v) is 5.09. The highest BCUT2D eigenvalue weighted by Gasteiger charge is 2.22. The Hall–Kier alpha value is -2.97. The molecule has 0 spiro atoms. The highest BCUT2D eigenvalue weighted by atomic mass is 32.2. The van der Waals surface area contributed by atoms with E-state index in [1.165, 1.54) is 16.4 Å². The van der Waals surface area contributed by atoms with Gasteiger partial charge in [-0.2, -0.15) is 14.8 Å². The third kappa shape index (κ3) is 2.92. The van der Waals surface area contributed by atoms with Gasteiger partial charge in [-0.05, 0) is 42.7 Å². The number of fused-ring (bicyclic) bond motifs is 1. The minimum atomic E-state index is -0.278. The number of anilines is 1. The lowest BCUT2D eigenvalue weighted by atomic mass is 10.2. The molecule has 0 atom stereocenters. The van der Waals surface area contributed by atoms with E-state index in [2.05, 4.69) is 10.1 Å². The Bertz CT molecular complexity index is 1200. The van der Waals surface area contributed by atoms with Crippen LogP contribution in [0.15, 0.2) is 65.7 Å². The number of nitrogens with zero attached hydrogens (tertiary/aromatic N) is 4. The van der Waals surface area contributed by atoms with Crippen molar-refractivity contribution in [3.8, 4) is 5.69 Å². The summed E-state index contributed by atoms with van der Waals surface area (Å²) in [6, 6.07) is 18.5. The summed E-state index contributed by atoms with van der Waals surface area (Å²) in [5.74, 6) is 0.132. The topological polar surface area (TPSA) is 78.7 Å². The summed E-state index contributed by atoms with van der Waals surface area (Å²) >= 11 is 6.87. The molecular formula is C19H15N5OS2. The summed E-state index contributed by atoms with van der Waals surface area (Å²) in [6.45, 7) is 0. The first-order valence-corrected chi connectivity index (χ1v) is 9.75. The lowest BCUT2D eigenvalue weighted by molar-refractivity contribution is 0.0948. The highest BCUT2D eigenvalue weighted by molar-refractivity contribution is 7.98. The molecule has 2 heterocycles. The summed E-state index contributed by atoms with van der Waals surface area (Å²) in [5, 5.41) is 5.69. The number of hydrogen-bond donors (Lipinski definition) is 1. The molecule has 4 aromatic rings. The number of hydrogen-bond acceptors (Lipinski definition) is 6. The van der Waals surface area contributed by atoms with Crippen LogP contribution < -0.4 is 5.73 Å². The quantitative estimate of drug-likeness (QED) is 0.419. The Morgan fingerprint density at radius 1 is 1.07 bits per heavy atom. The largest absolute Gasteiger partial charge is 0.384 e. The van der Waals surface area contributed by atoms with Gasteiger partial charge in [-0.3, -0.25) is 9.36 Å². The molecular weight excluding hydrogens is 378 g/mol. The van der Waals surface area contributed by atoms with E-state index in [-0.39, 0.29) is 10.7 Å². The molecule has 134 valence electrons. The van der Waals surface area contributed by atoms with Crippen LogP contribution in [0.25, 0.3) is 16.7 Å². The zero-order valence-corrected chi connectivity index (χ0v) is 16.0. The fourth-order valence-corrected chi connectivity index (χ4v) is 3.74. The smallest absolute Gasteiger partial charge is 0.280 e. The van der Waals surface area contributed by atoms with E-state index >= 15 is 0 Å². The Balaban J connectivity index is 2.00. The molecule has 0 aliphatic heterocycles. The van der Waals surface area contributed by atoms with Crippen LogP contribution in [0.1, 0.15) is 10.4 Å². The number of thioether (sulfide) groups is 1. The summed E-state index contributed by atoms with van der Waals surface area (Å²) in [7, 11) is 0. The van der Waals surface area contributed by atoms with Crippen molar-refractivity contribution in [2.24, 2.45) is 0 Å². The molecule has 2 N–H and O–H groups in total. The first-order valence-electron chi connectivity index (χ1n) is 8.12. The molecule has 0 saturated carbocycles. The Morgan fingerprint density at radius 3 is 2.33 bits per heavy atom. The summed E-state index contributed by atoms with van der Waals surface area (Å²) in [5.41, 5.74) is 8.15. The van der Waals surface area contributed by atoms with Crippen molar-refractivity contribution in [2.45, 2.75) is 5.03 Å². The Labute approximate surface area is 164 Å². The van der Waals surface area contributed by atoms with Crippen molar-refractivity contribution in [3.05, 3.63) is 71.0 Å². The Kier molecular flexibility index (Phi) is 4.51. The molecule has 2 aromatic heterocycles. The molecule has 0 aliphatic carbocycles. The molecule has 0 aliphatic rings. The maximum Gasteiger partial charge on any atom is 0.280 e. The van der Waals surface area contributed by atoms with Crippen molar-refractivity contribution >= 4 is 46.7 Å². The fourth-order valence-electron chi connectivity index (χ4n) is 2.89. The van der Waals surface area contributed by atoms with Gasteiger partial charge in [-0.15, -0.1) is 11.8 Å². The summed E-state index contributed by atoms with van der Waals surface area (Å²) in [6.07, 6.45) is 1.88. The summed E-state index contributed by atoms with van der Waals surface area (Å²) < 4.78 is 3.23. The fraction of sp³-hybridized carbons (Fsp3) is 0.0526. The van der Waals surface area contributed by atoms with Gasteiger partial charge in [0.15, 0.2) is 5.65 Å². The minimum Gasteiger partial charge on any atom is -0.384 e. The van der Waals surface area contributed by atoms with Gasteiger partial charge < -0.3 is 5.73 Å². The number of para-hydroxylation sites is 1. The van der Waals surface area contributed by atoms with E-state index in [0.29, 0.717) is 27.4 Å². The second-order valence-electron chi connectivity index (χ2n) is 5.74. The van der Waals surface area contributed by atoms with Crippen molar-refractivity contribution in [1.29, 1.82) is 0 Å². The number of nitrogens with two attached hydrogens (primary N) is 1. The molecule has 0 bridgehead atoms. The average molecular weight is 393 g/mol. The van der Waals surface area contributed by atoms with E-state index in [0.717, 1.165) is 5.69 Å². The van der Waals surface area contributed by atoms with Gasteiger partial charge in [-0.25, -0.2) is 0 Å². The SMILES string of the molecule is CSc1nn(C(=O)c2ccccc2)c2nc(=S)n(-c3ccccc3)c(N)c12. The van der Waals surface area contributed by atoms with Crippen molar-refractivity contribution in [3.63, 3.8) is 0 Å². The average Bonchev–Trinajstić information content (AvgIpc) is 3.07. The molecule has 6 nitrogen and oxygen atoms in total. The van der Waals surface area contributed by atoms with Crippen LogP contribution in [0.5, 0.6) is 0 Å². The van der Waals surface area contributed by atoms with E-state index < -0.39 is 0 Å². The van der Waals surface area contributed by atoms with Crippen molar-refractivity contribution < 1.29 is 4.79 Å². The maximum atomic E-state index is 12.9. The minimum absolute atomic E-state index is 0.265. The molecule has 4 rings (SSSR count). The van der Waals surface area contributed by atoms with Crippen molar-refractivity contribution in [2.75, 3.05) is 12.0 Å². The maximum absolute atomic E-state index is 12.9. The number of carbonyl (C=O) groups excluding carboxylic acids is 1. The second-order valence-corrected chi connectivity index (χ2v) is 6.90. The molecule has 0 fully saturated rings. The second kappa shape index (κ2) is 6.98. The van der Waals surface area contributed by atoms with Gasteiger partial charge in [0.05, 0.1) is 5.39 Å². The molecule has 0 saturated heterocycles. The summed E-state index contributed by atoms with van der Waals surface area (Å²) in [4.78, 5) is 17.4. The number of benzene rings is 2. The zero-order chi connectivity index (χ0) is 19.0. The molecule has 8 heteroatoms. The molecule has 0 unspecified atom stereocenters. The molecule has 27 heavy (non-hydrogen) atoms. The number of aromatic nitrogens is 4. The lowest BCUT2D eigenvalue weighted by Crippen LogP contribution is -2.15. The highest BCUT2D eigenvalue weighted by Crippen LogP contribution is 2.31. The van der Waals surface area contributed by atoms with Crippen LogP contribution in [-0.4, -0.2) is 31.5 Å². The number of nitrogen functional groups attached to an aromatic ring is 1. The number of carbonyl (C=O) groups is 1. The van der Waals surface area contributed by atoms with Crippen LogP contribution in [-0.2, 0) is 0 Å². The first kappa shape index (κ1) is 17.4. The van der Waals surface area contributed by atoms with Gasteiger partial charge >= 0.3 is 0 Å². The third-order valence-electron chi connectivity index (χ3n) is 4.14. The monoisotopic (exact) mass is 393 g/mol. The van der Waals surface area contributed by atoms with Gasteiger partial charge in [0.25, 0.3) is 5.91 Å². The van der Waals surface area contributed by atoms with Gasteiger partial charge in [0, 0.05) is 11.3 Å². The molecule has 0 amide bonds. The van der Waals surface area contributed by atoms with E-state index in [1.807, 2.05) is 42.7 Å². The standard InChI is InChI=1S/C19H15N5OS2/c1-27-17-14-15(20)23(13-10-6-3-7-11-13)19(26)21-16(14)24(22-17)18(25)12-8-4-2-5-9-12/h2-11H,20H2,1H3. The van der Waals surface area contributed by atoms with Gasteiger partial charge in [-0.1, -0.05) is 36.4 Å². The van der Waals surface area contributed by atoms with Gasteiger partial charge in [0.1, 0.15) is 10.8 Å². The lowest BCUT2D eigenvalue weighted by Gasteiger charge is -2.11. The van der Waals surface area contributed by atoms with Crippen LogP contribution >= 0.6 is 24.0 Å². The van der Waals surface area contributed by atoms with E-state index in [4.69, 9.17) is 18.0 Å². The van der Waals surface area contributed by atoms with Crippen LogP contribution in [0.3, 0.4) is 0 Å². The zero-order valence-electron chi connectivity index (χ0n) is 14.4. The Morgan fingerprint density at radius 2 is 1.70 bits per heavy atom. The molecule has 2 aromatic carbocycles. The van der Waals surface area contributed by atoms with Crippen LogP contribution in [0.4, 0.5) is 5.82 Å². The van der Waals surface area contributed by atoms with Crippen molar-refractivity contribution in [1.82, 2.24) is 19.3 Å². The van der Waals surface area contributed by atoms with Crippen LogP contribution in [0.2, 0.25) is 0 Å². The van der Waals surface area contributed by atoms with E-state index in [1.54, 1.807) is 28.8 Å². The predicted octanol–water partition coefficient (Wildman–Crippen LogP) is 3.94. The predicted molar refractivity (Wildman–Crippen MR) is 110 cm³/mol. The normalized spacial score (nSPS) is 11.0. The number of rotatable bonds is 3. The van der Waals surface area contributed by atoms with Crippen LogP contribution in [0, 0.1) is 4.77 Å².